The first-order chi connectivity index (χ1) is 30.3. The average Bonchev–Trinajstić information content (AvgIpc) is 3.55. The Morgan fingerprint density at radius 1 is 0.531 bits per heavy atom. The van der Waals surface area contributed by atoms with Crippen LogP contribution in [0.25, 0.3) is 11.1 Å². The summed E-state index contributed by atoms with van der Waals surface area (Å²) < 4.78 is 5.50. The number of unbranched alkanes of at least 4 members (excludes halogenated alkanes) is 2. The van der Waals surface area contributed by atoms with Gasteiger partial charge in [0.15, 0.2) is 0 Å². The van der Waals surface area contributed by atoms with Gasteiger partial charge in [0.25, 0.3) is 0 Å². The highest BCUT2D eigenvalue weighted by molar-refractivity contribution is 7.80. The largest absolute Gasteiger partial charge is 0.481 e. The molecule has 0 saturated heterocycles. The summed E-state index contributed by atoms with van der Waals surface area (Å²) in [6.45, 7) is 0.207. The lowest BCUT2D eigenvalue weighted by atomic mass is 9.98. The predicted octanol–water partition coefficient (Wildman–Crippen LogP) is -0.577. The highest BCUT2D eigenvalue weighted by atomic mass is 32.1. The van der Waals surface area contributed by atoms with Crippen LogP contribution in [0.5, 0.6) is 0 Å². The normalized spacial score (nSPS) is 13.8. The third kappa shape index (κ3) is 16.2. The van der Waals surface area contributed by atoms with Crippen molar-refractivity contribution in [1.29, 1.82) is 0 Å². The van der Waals surface area contributed by atoms with Crippen LogP contribution >= 0.6 is 12.6 Å². The molecule has 0 aromatic heterocycles. The van der Waals surface area contributed by atoms with E-state index in [0.717, 1.165) is 22.3 Å². The number of benzene rings is 2. The molecule has 6 amide bonds. The Morgan fingerprint density at radius 2 is 0.953 bits per heavy atom. The van der Waals surface area contributed by atoms with Crippen LogP contribution in [-0.4, -0.2) is 140 Å². The van der Waals surface area contributed by atoms with Gasteiger partial charge < -0.3 is 62.2 Å². The van der Waals surface area contributed by atoms with Gasteiger partial charge in [-0.2, -0.15) is 12.6 Å². The van der Waals surface area contributed by atoms with Gasteiger partial charge in [0.05, 0.1) is 25.7 Å². The third-order valence-electron chi connectivity index (χ3n) is 9.60. The number of thiol groups is 1. The maximum Gasteiger partial charge on any atom is 0.407 e. The molecule has 0 saturated carbocycles. The van der Waals surface area contributed by atoms with Crippen molar-refractivity contribution in [3.05, 3.63) is 59.7 Å². The van der Waals surface area contributed by atoms with Crippen LogP contribution in [-0.2, 0) is 52.7 Å². The van der Waals surface area contributed by atoms with Gasteiger partial charge in [-0.1, -0.05) is 55.0 Å². The highest BCUT2D eigenvalue weighted by Crippen LogP contribution is 2.44. The Bertz CT molecular complexity index is 2060. The van der Waals surface area contributed by atoms with E-state index < -0.39 is 121 Å². The monoisotopic (exact) mass is 916 g/mol. The van der Waals surface area contributed by atoms with E-state index in [-0.39, 0.29) is 37.7 Å². The van der Waals surface area contributed by atoms with Crippen molar-refractivity contribution in [1.82, 2.24) is 31.9 Å². The number of carbonyl (C=O) groups excluding carboxylic acids is 6. The summed E-state index contributed by atoms with van der Waals surface area (Å²) in [6, 6.07) is 6.78. The number of alkyl carbamates (subject to hydrolysis) is 1. The molecule has 0 spiro atoms. The first kappa shape index (κ1) is 51.1. The molecule has 3 rings (SSSR count). The molecule has 1 aliphatic carbocycles. The van der Waals surface area contributed by atoms with Crippen molar-refractivity contribution in [2.45, 2.75) is 87.5 Å². The zero-order valence-electron chi connectivity index (χ0n) is 33.9. The summed E-state index contributed by atoms with van der Waals surface area (Å²) in [6.07, 6.45) is -4.22. The summed E-state index contributed by atoms with van der Waals surface area (Å²) in [5.41, 5.74) is 4.17. The van der Waals surface area contributed by atoms with Crippen LogP contribution < -0.4 is 31.9 Å². The van der Waals surface area contributed by atoms with Crippen LogP contribution in [0.1, 0.15) is 68.4 Å². The number of nitrogens with one attached hydrogen (secondary N) is 6. The van der Waals surface area contributed by atoms with Crippen molar-refractivity contribution in [2.75, 3.05) is 18.9 Å². The number of hydrogen-bond donors (Lipinski definition) is 12. The number of amides is 6. The summed E-state index contributed by atoms with van der Waals surface area (Å²) in [4.78, 5) is 132. The Balaban J connectivity index is 1.37. The highest BCUT2D eigenvalue weighted by Gasteiger charge is 2.32. The molecule has 5 atom stereocenters. The molecule has 24 heteroatoms. The minimum atomic E-state index is -2.04. The van der Waals surface area contributed by atoms with Gasteiger partial charge in [-0.15, -0.1) is 0 Å². The van der Waals surface area contributed by atoms with E-state index in [1.165, 1.54) is 0 Å². The van der Waals surface area contributed by atoms with Crippen molar-refractivity contribution in [3.63, 3.8) is 0 Å². The minimum absolute atomic E-state index is 0.0290. The van der Waals surface area contributed by atoms with Gasteiger partial charge in [-0.3, -0.25) is 28.8 Å². The van der Waals surface area contributed by atoms with Gasteiger partial charge in [0.2, 0.25) is 29.5 Å². The van der Waals surface area contributed by atoms with E-state index in [9.17, 15) is 68.1 Å². The number of carboxylic acid groups (broad SMARTS) is 5. The standard InChI is InChI=1S/C40H48N6O17S/c47-30(12-2-1-7-13-41-35(53)29(19-64)46-40(62)63-18-24-22-10-5-3-8-20(22)21-9-4-6-11-23(21)24)42-25(36(54)55)14-31(48)43-26(37(56)57)15-32(49)44-27(38(58)59)16-33(50)45-28(39(60)61)17-34(51)52/h3-6,8-11,24-29,64H,1-2,7,12-19H2,(H,41,53)(H,42,47)(H,43,48)(H,44,49)(H,45,50)(H,46,62)(H,51,52)(H,54,55)(H,56,57)(H,58,59)(H,60,61). The van der Waals surface area contributed by atoms with Gasteiger partial charge in [0, 0.05) is 24.6 Å². The maximum atomic E-state index is 12.7. The van der Waals surface area contributed by atoms with E-state index in [0.29, 0.717) is 12.8 Å². The Kier molecular flexibility index (Phi) is 20.0. The molecule has 23 nitrogen and oxygen atoms in total. The zero-order valence-corrected chi connectivity index (χ0v) is 34.8. The summed E-state index contributed by atoms with van der Waals surface area (Å²) in [5, 5.41) is 59.2. The molecule has 64 heavy (non-hydrogen) atoms. The summed E-state index contributed by atoms with van der Waals surface area (Å²) >= 11 is 4.17. The molecule has 5 unspecified atom stereocenters. The van der Waals surface area contributed by atoms with Crippen molar-refractivity contribution >= 4 is 78.1 Å². The van der Waals surface area contributed by atoms with E-state index in [4.69, 9.17) is 14.9 Å². The molecular formula is C40H48N6O17S. The van der Waals surface area contributed by atoms with E-state index >= 15 is 0 Å². The Morgan fingerprint density at radius 3 is 1.38 bits per heavy atom. The number of rotatable bonds is 27. The van der Waals surface area contributed by atoms with Crippen LogP contribution in [0.2, 0.25) is 0 Å². The number of aliphatic carboxylic acids is 5. The van der Waals surface area contributed by atoms with E-state index in [1.807, 2.05) is 59.2 Å². The first-order valence-electron chi connectivity index (χ1n) is 19.6. The molecule has 0 radical (unpaired) electrons. The zero-order chi connectivity index (χ0) is 47.5. The second-order valence-electron chi connectivity index (χ2n) is 14.4. The summed E-state index contributed by atoms with van der Waals surface area (Å²) in [5.74, 6) is -13.9. The lowest BCUT2D eigenvalue weighted by Gasteiger charge is -2.19. The van der Waals surface area contributed by atoms with Crippen LogP contribution in [0.4, 0.5) is 4.79 Å². The number of carboxylic acids is 5. The SMILES string of the molecule is O=C(O)CC(NC(=O)CC(NC(=O)CC(NC(=O)CC(NC(=O)CCCCCNC(=O)C(CS)NC(=O)OCC1c2ccccc2-c2ccccc21)C(=O)O)C(=O)O)C(=O)O)C(=O)O. The Hall–Kier alpha value is -7.24. The van der Waals surface area contributed by atoms with Crippen molar-refractivity contribution in [2.24, 2.45) is 0 Å². The molecule has 11 N–H and O–H groups in total. The van der Waals surface area contributed by atoms with Crippen LogP contribution in [0.15, 0.2) is 48.5 Å². The fraction of sp³-hybridized carbons (Fsp3) is 0.425. The van der Waals surface area contributed by atoms with Crippen molar-refractivity contribution in [3.8, 4) is 11.1 Å². The van der Waals surface area contributed by atoms with E-state index in [1.54, 1.807) is 5.32 Å². The lowest BCUT2D eigenvalue weighted by Crippen LogP contribution is -2.51. The van der Waals surface area contributed by atoms with Gasteiger partial charge in [-0.05, 0) is 35.1 Å². The van der Waals surface area contributed by atoms with E-state index in [2.05, 4.69) is 28.6 Å². The number of carbonyl (C=O) groups is 11. The molecule has 2 aromatic carbocycles. The molecule has 346 valence electrons. The topological polar surface area (TPSA) is 370 Å². The van der Waals surface area contributed by atoms with Crippen LogP contribution in [0.3, 0.4) is 0 Å². The van der Waals surface area contributed by atoms with Gasteiger partial charge in [0.1, 0.15) is 36.8 Å². The molecule has 0 aliphatic heterocycles. The molecular weight excluding hydrogens is 869 g/mol. The first-order valence-corrected chi connectivity index (χ1v) is 20.2. The Labute approximate surface area is 369 Å². The predicted molar refractivity (Wildman–Crippen MR) is 222 cm³/mol. The molecule has 1 aliphatic rings. The fourth-order valence-electron chi connectivity index (χ4n) is 6.46. The number of fused-ring (bicyclic) bond motifs is 3. The number of hydrogen-bond acceptors (Lipinski definition) is 13. The number of ether oxygens (including phenoxy) is 1. The average molecular weight is 917 g/mol. The van der Waals surface area contributed by atoms with Gasteiger partial charge in [-0.25, -0.2) is 24.0 Å². The second kappa shape index (κ2) is 25.0. The molecule has 0 heterocycles. The quantitative estimate of drug-likeness (QED) is 0.0394. The smallest absolute Gasteiger partial charge is 0.407 e. The van der Waals surface area contributed by atoms with Crippen LogP contribution in [0, 0.1) is 0 Å². The molecule has 0 bridgehead atoms. The third-order valence-corrected chi connectivity index (χ3v) is 9.96. The maximum absolute atomic E-state index is 12.7. The lowest BCUT2D eigenvalue weighted by molar-refractivity contribution is -0.148. The minimum Gasteiger partial charge on any atom is -0.481 e. The molecule has 0 fully saturated rings. The van der Waals surface area contributed by atoms with Crippen molar-refractivity contribution < 1.29 is 83.0 Å². The summed E-state index contributed by atoms with van der Waals surface area (Å²) in [7, 11) is 0. The fourth-order valence-corrected chi connectivity index (χ4v) is 6.71. The molecule has 2 aromatic rings. The second-order valence-corrected chi connectivity index (χ2v) is 14.7. The van der Waals surface area contributed by atoms with Gasteiger partial charge >= 0.3 is 35.9 Å².